The molecule has 2 aromatic rings. The summed E-state index contributed by atoms with van der Waals surface area (Å²) in [4.78, 5) is 4.32. The summed E-state index contributed by atoms with van der Waals surface area (Å²) in [5.74, 6) is -0.260. The van der Waals surface area contributed by atoms with Gasteiger partial charge in [-0.1, -0.05) is 25.1 Å². The van der Waals surface area contributed by atoms with Crippen molar-refractivity contribution in [3.05, 3.63) is 64.1 Å². The first-order valence-electron chi connectivity index (χ1n) is 6.19. The van der Waals surface area contributed by atoms with Crippen molar-refractivity contribution in [1.82, 2.24) is 4.98 Å². The van der Waals surface area contributed by atoms with Gasteiger partial charge < -0.3 is 5.73 Å². The minimum absolute atomic E-state index is 0.260. The first kappa shape index (κ1) is 14.2. The number of nitrogens with two attached hydrogens (primary N) is 1. The van der Waals surface area contributed by atoms with Crippen LogP contribution in [0.2, 0.25) is 0 Å². The molecule has 0 bridgehead atoms. The van der Waals surface area contributed by atoms with Crippen molar-refractivity contribution in [3.8, 4) is 0 Å². The van der Waals surface area contributed by atoms with Crippen LogP contribution in [-0.2, 0) is 12.0 Å². The lowest BCUT2D eigenvalue weighted by Gasteiger charge is -2.29. The highest BCUT2D eigenvalue weighted by atomic mass is 79.9. The smallest absolute Gasteiger partial charge is 0.128 e. The van der Waals surface area contributed by atoms with Crippen LogP contribution in [0.4, 0.5) is 4.39 Å². The lowest BCUT2D eigenvalue weighted by atomic mass is 9.83. The van der Waals surface area contributed by atoms with Crippen LogP contribution in [0.1, 0.15) is 24.6 Å². The summed E-state index contributed by atoms with van der Waals surface area (Å²) in [6.45, 7) is 1.96. The fraction of sp³-hybridized carbons (Fsp3) is 0.267. The lowest BCUT2D eigenvalue weighted by molar-refractivity contribution is 0.399. The van der Waals surface area contributed by atoms with Gasteiger partial charge in [0.05, 0.1) is 0 Å². The Kier molecular flexibility index (Phi) is 4.32. The van der Waals surface area contributed by atoms with Gasteiger partial charge in [0.25, 0.3) is 0 Å². The van der Waals surface area contributed by atoms with E-state index < -0.39 is 5.54 Å². The van der Waals surface area contributed by atoms with Crippen molar-refractivity contribution in [1.29, 1.82) is 0 Å². The summed E-state index contributed by atoms with van der Waals surface area (Å²) in [5, 5.41) is 0. The summed E-state index contributed by atoms with van der Waals surface area (Å²) >= 11 is 3.34. The zero-order chi connectivity index (χ0) is 13.9. The molecule has 2 nitrogen and oxygen atoms in total. The molecule has 0 aliphatic carbocycles. The molecule has 0 radical (unpaired) electrons. The van der Waals surface area contributed by atoms with Crippen LogP contribution in [0.15, 0.2) is 47.1 Å². The van der Waals surface area contributed by atoms with Crippen molar-refractivity contribution >= 4 is 15.9 Å². The number of aromatic nitrogens is 1. The second-order valence-electron chi connectivity index (χ2n) is 4.63. The minimum atomic E-state index is -0.730. The molecule has 19 heavy (non-hydrogen) atoms. The van der Waals surface area contributed by atoms with Crippen molar-refractivity contribution in [2.75, 3.05) is 0 Å². The first-order chi connectivity index (χ1) is 9.05. The van der Waals surface area contributed by atoms with Crippen LogP contribution in [0.5, 0.6) is 0 Å². The van der Waals surface area contributed by atoms with Crippen molar-refractivity contribution in [2.24, 2.45) is 5.73 Å². The van der Waals surface area contributed by atoms with E-state index in [1.807, 2.05) is 25.1 Å². The van der Waals surface area contributed by atoms with Crippen LogP contribution in [0, 0.1) is 5.82 Å². The highest BCUT2D eigenvalue weighted by Crippen LogP contribution is 2.28. The summed E-state index contributed by atoms with van der Waals surface area (Å²) in [6, 6.07) is 10.5. The van der Waals surface area contributed by atoms with Crippen molar-refractivity contribution in [3.63, 3.8) is 0 Å². The molecule has 1 aromatic carbocycles. The number of nitrogens with zero attached hydrogens (tertiary/aromatic N) is 1. The molecule has 0 fully saturated rings. The molecule has 2 N–H and O–H groups in total. The van der Waals surface area contributed by atoms with Gasteiger partial charge in [0.15, 0.2) is 0 Å². The second kappa shape index (κ2) is 5.80. The van der Waals surface area contributed by atoms with Gasteiger partial charge in [-0.2, -0.15) is 0 Å². The average Bonchev–Trinajstić information content (AvgIpc) is 2.42. The van der Waals surface area contributed by atoms with Crippen LogP contribution in [0.3, 0.4) is 0 Å². The molecule has 100 valence electrons. The fourth-order valence-electron chi connectivity index (χ4n) is 2.11. The number of hydrogen-bond donors (Lipinski definition) is 1. The van der Waals surface area contributed by atoms with Crippen molar-refractivity contribution in [2.45, 2.75) is 25.3 Å². The minimum Gasteiger partial charge on any atom is -0.321 e. The van der Waals surface area contributed by atoms with E-state index in [1.54, 1.807) is 18.3 Å². The molecule has 2 rings (SSSR count). The third-order valence-corrected chi connectivity index (χ3v) is 3.80. The van der Waals surface area contributed by atoms with E-state index in [0.717, 1.165) is 10.2 Å². The monoisotopic (exact) mass is 322 g/mol. The fourth-order valence-corrected chi connectivity index (χ4v) is 2.34. The molecule has 1 heterocycles. The standard InChI is InChI=1S/C15H16BrFN2/c1-2-15(18,13-5-3-4-6-14(13)17)9-12-8-7-11(16)10-19-12/h3-8,10H,2,9,18H2,1H3. The normalized spacial score (nSPS) is 14.1. The van der Waals surface area contributed by atoms with Crippen molar-refractivity contribution < 1.29 is 4.39 Å². The maximum atomic E-state index is 13.9. The van der Waals surface area contributed by atoms with E-state index in [9.17, 15) is 4.39 Å². The van der Waals surface area contributed by atoms with E-state index in [0.29, 0.717) is 18.4 Å². The van der Waals surface area contributed by atoms with Crippen LogP contribution >= 0.6 is 15.9 Å². The predicted molar refractivity (Wildman–Crippen MR) is 78.2 cm³/mol. The Hall–Kier alpha value is -1.26. The third kappa shape index (κ3) is 3.19. The SMILES string of the molecule is CCC(N)(Cc1ccc(Br)cn1)c1ccccc1F. The number of benzene rings is 1. The van der Waals surface area contributed by atoms with Crippen LogP contribution in [0.25, 0.3) is 0 Å². The zero-order valence-electron chi connectivity index (χ0n) is 10.7. The van der Waals surface area contributed by atoms with Gasteiger partial charge >= 0.3 is 0 Å². The number of hydrogen-bond acceptors (Lipinski definition) is 2. The first-order valence-corrected chi connectivity index (χ1v) is 6.99. The van der Waals surface area contributed by atoms with Crippen LogP contribution in [-0.4, -0.2) is 4.98 Å². The second-order valence-corrected chi connectivity index (χ2v) is 5.55. The quantitative estimate of drug-likeness (QED) is 0.930. The molecule has 0 aliphatic heterocycles. The Balaban J connectivity index is 2.33. The molecule has 0 spiro atoms. The Labute approximate surface area is 121 Å². The molecule has 0 amide bonds. The topological polar surface area (TPSA) is 38.9 Å². The summed E-state index contributed by atoms with van der Waals surface area (Å²) in [7, 11) is 0. The van der Waals surface area contributed by atoms with Gasteiger partial charge in [-0.3, -0.25) is 4.98 Å². The Morgan fingerprint density at radius 3 is 2.58 bits per heavy atom. The average molecular weight is 323 g/mol. The summed E-state index contributed by atoms with van der Waals surface area (Å²) < 4.78 is 14.8. The Morgan fingerprint density at radius 1 is 1.26 bits per heavy atom. The number of rotatable bonds is 4. The third-order valence-electron chi connectivity index (χ3n) is 3.33. The van der Waals surface area contributed by atoms with Gasteiger partial charge in [0.1, 0.15) is 5.82 Å². The van der Waals surface area contributed by atoms with Gasteiger partial charge in [-0.05, 0) is 40.5 Å². The molecule has 0 aliphatic rings. The van der Waals surface area contributed by atoms with Gasteiger partial charge in [0, 0.05) is 33.9 Å². The Morgan fingerprint density at radius 2 is 2.00 bits per heavy atom. The molecule has 1 aromatic heterocycles. The number of halogens is 2. The molecular weight excluding hydrogens is 307 g/mol. The molecule has 0 saturated heterocycles. The largest absolute Gasteiger partial charge is 0.321 e. The summed E-state index contributed by atoms with van der Waals surface area (Å²) in [6.07, 6.45) is 2.89. The van der Waals surface area contributed by atoms with E-state index in [-0.39, 0.29) is 5.82 Å². The molecule has 4 heteroatoms. The summed E-state index contributed by atoms with van der Waals surface area (Å²) in [5.41, 5.74) is 7.07. The predicted octanol–water partition coefficient (Wildman–Crippen LogP) is 3.79. The van der Waals surface area contributed by atoms with Gasteiger partial charge in [-0.15, -0.1) is 0 Å². The van der Waals surface area contributed by atoms with E-state index in [4.69, 9.17) is 5.73 Å². The maximum absolute atomic E-state index is 13.9. The molecule has 1 unspecified atom stereocenters. The van der Waals surface area contributed by atoms with Gasteiger partial charge in [-0.25, -0.2) is 4.39 Å². The maximum Gasteiger partial charge on any atom is 0.128 e. The molecule has 0 saturated carbocycles. The molecule has 1 atom stereocenters. The van der Waals surface area contributed by atoms with Gasteiger partial charge in [0.2, 0.25) is 0 Å². The highest BCUT2D eigenvalue weighted by molar-refractivity contribution is 9.10. The van der Waals surface area contributed by atoms with E-state index >= 15 is 0 Å². The zero-order valence-corrected chi connectivity index (χ0v) is 12.3. The van der Waals surface area contributed by atoms with E-state index in [1.165, 1.54) is 6.07 Å². The molecular formula is C15H16BrFN2. The van der Waals surface area contributed by atoms with E-state index in [2.05, 4.69) is 20.9 Å². The lowest BCUT2D eigenvalue weighted by Crippen LogP contribution is -2.39. The van der Waals surface area contributed by atoms with Crippen LogP contribution < -0.4 is 5.73 Å². The number of pyridine rings is 1. The highest BCUT2D eigenvalue weighted by Gasteiger charge is 2.28. The Bertz CT molecular complexity index is 556.